The van der Waals surface area contributed by atoms with Crippen LogP contribution < -0.4 is 24.8 Å². The zero-order valence-corrected chi connectivity index (χ0v) is 23.9. The number of benzene rings is 3. The first-order valence-corrected chi connectivity index (χ1v) is 16.0. The van der Waals surface area contributed by atoms with Crippen LogP contribution >= 0.6 is 0 Å². The summed E-state index contributed by atoms with van der Waals surface area (Å²) in [6, 6.07) is 17.8. The van der Waals surface area contributed by atoms with Crippen LogP contribution in [0.1, 0.15) is 0 Å². The number of carbonyl (C=O) groups excluding carboxylic acids is 1. The number of aromatic amines is 1. The van der Waals surface area contributed by atoms with E-state index in [0.717, 1.165) is 27.2 Å². The molecule has 0 aliphatic carbocycles. The van der Waals surface area contributed by atoms with Gasteiger partial charge in [0.05, 0.1) is 28.2 Å². The van der Waals surface area contributed by atoms with Gasteiger partial charge in [-0.2, -0.15) is 0 Å². The van der Waals surface area contributed by atoms with Crippen molar-refractivity contribution >= 4 is 59.6 Å². The van der Waals surface area contributed by atoms with Gasteiger partial charge in [0.15, 0.2) is 6.61 Å². The number of rotatable bonds is 8. The van der Waals surface area contributed by atoms with Crippen LogP contribution in [-0.2, 0) is 24.8 Å². The number of H-pyrrole nitrogens is 1. The molecule has 216 valence electrons. The molecule has 0 saturated carbocycles. The fourth-order valence-electron chi connectivity index (χ4n) is 4.76. The number of anilines is 4. The Morgan fingerprint density at radius 1 is 0.927 bits per heavy atom. The fraction of sp³-hybridized carbons (Fsp3) is 0.222. The molecule has 5 rings (SSSR count). The van der Waals surface area contributed by atoms with Crippen LogP contribution in [0.4, 0.5) is 22.7 Å². The third kappa shape index (κ3) is 6.24. The molecule has 0 bridgehead atoms. The van der Waals surface area contributed by atoms with E-state index in [1.165, 1.54) is 24.3 Å². The normalized spacial score (nSPS) is 14.3. The number of hydrogen-bond acceptors (Lipinski definition) is 8. The van der Waals surface area contributed by atoms with Crippen molar-refractivity contribution in [3.63, 3.8) is 0 Å². The molecule has 0 spiro atoms. The predicted molar refractivity (Wildman–Crippen MR) is 158 cm³/mol. The molecule has 1 aromatic heterocycles. The summed E-state index contributed by atoms with van der Waals surface area (Å²) in [4.78, 5) is 19.6. The molecule has 41 heavy (non-hydrogen) atoms. The first kappa shape index (κ1) is 28.3. The molecule has 1 amide bonds. The third-order valence-corrected chi connectivity index (χ3v) is 8.87. The number of sulfonamides is 2. The molecule has 14 heteroatoms. The molecule has 1 aliphatic rings. The summed E-state index contributed by atoms with van der Waals surface area (Å²) in [5.41, 5.74) is 9.01. The molecule has 12 nitrogen and oxygen atoms in total. The molecule has 0 unspecified atom stereocenters. The lowest BCUT2D eigenvalue weighted by atomic mass is 10.2. The van der Waals surface area contributed by atoms with E-state index < -0.39 is 20.0 Å². The highest BCUT2D eigenvalue weighted by Gasteiger charge is 2.24. The minimum Gasteiger partial charge on any atom is -0.484 e. The number of nitrogens with two attached hydrogens (primary N) is 2. The van der Waals surface area contributed by atoms with Crippen molar-refractivity contribution in [2.24, 2.45) is 5.14 Å². The summed E-state index contributed by atoms with van der Waals surface area (Å²) in [6.45, 7) is 2.15. The second-order valence-electron chi connectivity index (χ2n) is 9.69. The maximum absolute atomic E-state index is 12.8. The summed E-state index contributed by atoms with van der Waals surface area (Å²) in [5, 5.41) is 5.99. The van der Waals surface area contributed by atoms with Gasteiger partial charge in [-0.15, -0.1) is 0 Å². The Kier molecular flexibility index (Phi) is 7.55. The summed E-state index contributed by atoms with van der Waals surface area (Å²) in [6.07, 6.45) is 2.79. The molecule has 1 fully saturated rings. The summed E-state index contributed by atoms with van der Waals surface area (Å²) >= 11 is 0. The Hall–Kier alpha value is -4.27. The number of ether oxygens (including phenoxy) is 1. The van der Waals surface area contributed by atoms with Crippen LogP contribution in [0, 0.1) is 0 Å². The molecule has 5 N–H and O–H groups in total. The summed E-state index contributed by atoms with van der Waals surface area (Å²) in [5.74, 6) is 0.457. The van der Waals surface area contributed by atoms with Crippen molar-refractivity contribution in [3.05, 3.63) is 72.9 Å². The zero-order valence-electron chi connectivity index (χ0n) is 22.2. The van der Waals surface area contributed by atoms with Crippen LogP contribution in [0.2, 0.25) is 0 Å². The second kappa shape index (κ2) is 11.0. The van der Waals surface area contributed by atoms with E-state index in [2.05, 4.69) is 9.88 Å². The lowest BCUT2D eigenvalue weighted by Gasteiger charge is -2.36. The van der Waals surface area contributed by atoms with Crippen LogP contribution in [0.3, 0.4) is 0 Å². The van der Waals surface area contributed by atoms with Gasteiger partial charge in [-0.1, -0.05) is 0 Å². The maximum atomic E-state index is 12.8. The van der Waals surface area contributed by atoms with Crippen molar-refractivity contribution in [2.75, 3.05) is 54.0 Å². The van der Waals surface area contributed by atoms with Crippen LogP contribution in [-0.4, -0.2) is 71.7 Å². The van der Waals surface area contributed by atoms with Gasteiger partial charge in [-0.25, -0.2) is 26.3 Å². The second-order valence-corrected chi connectivity index (χ2v) is 13.1. The van der Waals surface area contributed by atoms with Crippen LogP contribution in [0.5, 0.6) is 5.75 Å². The Bertz CT molecular complexity index is 1780. The van der Waals surface area contributed by atoms with Gasteiger partial charge in [0.25, 0.3) is 5.91 Å². The third-order valence-electron chi connectivity index (χ3n) is 6.86. The van der Waals surface area contributed by atoms with E-state index in [0.29, 0.717) is 43.3 Å². The van der Waals surface area contributed by atoms with E-state index in [1.54, 1.807) is 35.4 Å². The number of nitrogens with one attached hydrogen (secondary N) is 1. The fourth-order valence-corrected chi connectivity index (χ4v) is 6.29. The minimum atomic E-state index is -3.91. The number of primary sulfonamides is 1. The van der Waals surface area contributed by atoms with E-state index in [9.17, 15) is 21.6 Å². The lowest BCUT2D eigenvalue weighted by molar-refractivity contribution is -0.133. The van der Waals surface area contributed by atoms with Gasteiger partial charge < -0.3 is 25.3 Å². The summed E-state index contributed by atoms with van der Waals surface area (Å²) in [7, 11) is -7.64. The lowest BCUT2D eigenvalue weighted by Crippen LogP contribution is -2.50. The van der Waals surface area contributed by atoms with Gasteiger partial charge in [0.2, 0.25) is 20.0 Å². The van der Waals surface area contributed by atoms with E-state index in [4.69, 9.17) is 15.6 Å². The molecule has 2 heterocycles. The highest BCUT2D eigenvalue weighted by Crippen LogP contribution is 2.31. The van der Waals surface area contributed by atoms with Gasteiger partial charge in [-0.3, -0.25) is 4.79 Å². The molecule has 0 radical (unpaired) electrons. The quantitative estimate of drug-likeness (QED) is 0.277. The first-order chi connectivity index (χ1) is 19.4. The van der Waals surface area contributed by atoms with E-state index in [1.807, 2.05) is 18.2 Å². The van der Waals surface area contributed by atoms with Gasteiger partial charge in [-0.05, 0) is 66.7 Å². The Morgan fingerprint density at radius 3 is 2.12 bits per heavy atom. The van der Waals surface area contributed by atoms with Crippen LogP contribution in [0.25, 0.3) is 10.9 Å². The van der Waals surface area contributed by atoms with Gasteiger partial charge in [0.1, 0.15) is 5.75 Å². The minimum absolute atomic E-state index is 0.0793. The number of piperazine rings is 1. The Morgan fingerprint density at radius 2 is 1.54 bits per heavy atom. The molecule has 1 aliphatic heterocycles. The number of amides is 1. The van der Waals surface area contributed by atoms with Crippen molar-refractivity contribution in [1.82, 2.24) is 9.88 Å². The first-order valence-electron chi connectivity index (χ1n) is 12.7. The number of nitrogen functional groups attached to an aromatic ring is 1. The molecule has 4 aromatic rings. The smallest absolute Gasteiger partial charge is 0.260 e. The molecule has 0 atom stereocenters. The number of aromatic nitrogens is 1. The summed E-state index contributed by atoms with van der Waals surface area (Å²) < 4.78 is 55.2. The Balaban J connectivity index is 1.20. The average Bonchev–Trinajstić information content (AvgIpc) is 3.31. The highest BCUT2D eigenvalue weighted by atomic mass is 32.2. The SMILES string of the molecule is CS(=O)(=O)N(c1ccc(N2CCN(C(=O)COc3ccc4[nH]cc(N)c4c3)CC2)cc1)c1ccc(S(N)(=O)=O)cc1. The van der Waals surface area contributed by atoms with Crippen molar-refractivity contribution in [3.8, 4) is 5.75 Å². The van der Waals surface area contributed by atoms with Gasteiger partial charge >= 0.3 is 0 Å². The largest absolute Gasteiger partial charge is 0.484 e. The Labute approximate surface area is 238 Å². The standard InChI is InChI=1S/C27H30N6O6S2/c1-40(35,36)33(21-6-9-23(10-7-21)41(29,37)38)20-4-2-19(3-5-20)31-12-14-32(15-13-31)27(34)18-39-22-8-11-26-24(16-22)25(28)17-30-26/h2-11,16-17,30H,12-15,18,28H2,1H3,(H2,29,37,38). The number of fused-ring (bicyclic) bond motifs is 1. The van der Waals surface area contributed by atoms with Gasteiger partial charge in [0, 0.05) is 49.0 Å². The van der Waals surface area contributed by atoms with E-state index in [-0.39, 0.29) is 23.1 Å². The molecular formula is C27H30N6O6S2. The number of carbonyl (C=O) groups is 1. The topological polar surface area (TPSA) is 172 Å². The number of nitrogens with zero attached hydrogens (tertiary/aromatic N) is 3. The van der Waals surface area contributed by atoms with Crippen molar-refractivity contribution < 1.29 is 26.4 Å². The number of hydrogen-bond donors (Lipinski definition) is 3. The van der Waals surface area contributed by atoms with Crippen molar-refractivity contribution in [1.29, 1.82) is 0 Å². The molecule has 3 aromatic carbocycles. The zero-order chi connectivity index (χ0) is 29.4. The predicted octanol–water partition coefficient (Wildman–Crippen LogP) is 2.22. The monoisotopic (exact) mass is 598 g/mol. The van der Waals surface area contributed by atoms with Crippen molar-refractivity contribution in [2.45, 2.75) is 4.90 Å². The molecular weight excluding hydrogens is 568 g/mol. The molecule has 1 saturated heterocycles. The van der Waals surface area contributed by atoms with Crippen LogP contribution in [0.15, 0.2) is 77.8 Å². The average molecular weight is 599 g/mol. The van der Waals surface area contributed by atoms with E-state index >= 15 is 0 Å². The maximum Gasteiger partial charge on any atom is 0.260 e. The highest BCUT2D eigenvalue weighted by molar-refractivity contribution is 7.92.